The summed E-state index contributed by atoms with van der Waals surface area (Å²) in [6.07, 6.45) is 4.15. The van der Waals surface area contributed by atoms with E-state index in [9.17, 15) is 5.21 Å². The summed E-state index contributed by atoms with van der Waals surface area (Å²) < 4.78 is 0.887. The van der Waals surface area contributed by atoms with Gasteiger partial charge in [-0.2, -0.15) is 0 Å². The molecule has 0 saturated heterocycles. The predicted octanol–water partition coefficient (Wildman–Crippen LogP) is 0.607. The summed E-state index contributed by atoms with van der Waals surface area (Å²) in [6, 6.07) is 0. The van der Waals surface area contributed by atoms with E-state index in [2.05, 4.69) is 0 Å². The van der Waals surface area contributed by atoms with Gasteiger partial charge in [-0.3, -0.25) is 0 Å². The number of hydroxylamine groups is 1. The first kappa shape index (κ1) is 4.62. The topological polar surface area (TPSA) is 26.1 Å². The molecule has 0 amide bonds. The minimum Gasteiger partial charge on any atom is -0.624 e. The SMILES string of the molecule is C/[N+]([O-])=C\C1CC1. The minimum absolute atomic E-state index is 0.613. The zero-order valence-electron chi connectivity index (χ0n) is 4.42. The molecule has 0 bridgehead atoms. The lowest BCUT2D eigenvalue weighted by molar-refractivity contribution is -0.419. The first-order chi connectivity index (χ1) is 3.29. The van der Waals surface area contributed by atoms with Crippen molar-refractivity contribution in [1.29, 1.82) is 0 Å². The van der Waals surface area contributed by atoms with Crippen LogP contribution in [0.5, 0.6) is 0 Å². The maximum absolute atomic E-state index is 10.2. The van der Waals surface area contributed by atoms with E-state index in [1.54, 1.807) is 6.21 Å². The van der Waals surface area contributed by atoms with Gasteiger partial charge in [-0.25, -0.2) is 4.74 Å². The molecular weight excluding hydrogens is 90.1 g/mol. The molecule has 1 aliphatic rings. The summed E-state index contributed by atoms with van der Waals surface area (Å²) in [5, 5.41) is 10.2. The third-order valence-corrected chi connectivity index (χ3v) is 1.04. The molecule has 2 nitrogen and oxygen atoms in total. The Morgan fingerprint density at radius 3 is 2.43 bits per heavy atom. The van der Waals surface area contributed by atoms with Gasteiger partial charge in [0.25, 0.3) is 0 Å². The van der Waals surface area contributed by atoms with Gasteiger partial charge in [0.2, 0.25) is 0 Å². The van der Waals surface area contributed by atoms with E-state index in [0.717, 1.165) is 4.74 Å². The molecule has 40 valence electrons. The van der Waals surface area contributed by atoms with E-state index in [4.69, 9.17) is 0 Å². The van der Waals surface area contributed by atoms with Crippen molar-refractivity contribution < 1.29 is 4.74 Å². The fraction of sp³-hybridized carbons (Fsp3) is 0.800. The molecule has 1 fully saturated rings. The molecule has 0 aliphatic heterocycles. The Morgan fingerprint density at radius 2 is 2.29 bits per heavy atom. The lowest BCUT2D eigenvalue weighted by atomic mass is 10.5. The van der Waals surface area contributed by atoms with Crippen LogP contribution in [0.1, 0.15) is 12.8 Å². The van der Waals surface area contributed by atoms with Gasteiger partial charge in [-0.05, 0) is 12.8 Å². The van der Waals surface area contributed by atoms with Crippen molar-refractivity contribution in [2.45, 2.75) is 12.8 Å². The van der Waals surface area contributed by atoms with Crippen molar-refractivity contribution in [2.75, 3.05) is 7.05 Å². The Bertz CT molecular complexity index is 90.3. The zero-order chi connectivity index (χ0) is 5.28. The van der Waals surface area contributed by atoms with Crippen molar-refractivity contribution in [2.24, 2.45) is 5.92 Å². The average molecular weight is 99.1 g/mol. The highest BCUT2D eigenvalue weighted by molar-refractivity contribution is 5.58. The van der Waals surface area contributed by atoms with E-state index < -0.39 is 0 Å². The summed E-state index contributed by atoms with van der Waals surface area (Å²) in [6.45, 7) is 0. The van der Waals surface area contributed by atoms with Crippen LogP contribution in [-0.2, 0) is 0 Å². The Balaban J connectivity index is 2.29. The minimum atomic E-state index is 0.613. The highest BCUT2D eigenvalue weighted by Gasteiger charge is 2.21. The third kappa shape index (κ3) is 1.57. The maximum atomic E-state index is 10.2. The van der Waals surface area contributed by atoms with E-state index in [-0.39, 0.29) is 0 Å². The monoisotopic (exact) mass is 99.1 g/mol. The largest absolute Gasteiger partial charge is 0.624 e. The second kappa shape index (κ2) is 1.52. The number of rotatable bonds is 1. The Hall–Kier alpha value is -0.530. The molecule has 0 aromatic rings. The lowest BCUT2D eigenvalue weighted by Gasteiger charge is -1.90. The first-order valence-corrected chi connectivity index (χ1v) is 2.54. The van der Waals surface area contributed by atoms with Gasteiger partial charge in [0, 0.05) is 5.92 Å². The summed E-state index contributed by atoms with van der Waals surface area (Å²) in [5.74, 6) is 0.613. The predicted molar refractivity (Wildman–Crippen MR) is 28.3 cm³/mol. The van der Waals surface area contributed by atoms with Crippen molar-refractivity contribution in [3.8, 4) is 0 Å². The summed E-state index contributed by atoms with van der Waals surface area (Å²) in [7, 11) is 1.53. The first-order valence-electron chi connectivity index (χ1n) is 2.54. The molecule has 2 heteroatoms. The summed E-state index contributed by atoms with van der Waals surface area (Å²) in [5.41, 5.74) is 0. The fourth-order valence-corrected chi connectivity index (χ4v) is 0.542. The molecule has 0 radical (unpaired) electrons. The molecule has 0 aromatic carbocycles. The summed E-state index contributed by atoms with van der Waals surface area (Å²) in [4.78, 5) is 0. The highest BCUT2D eigenvalue weighted by Crippen LogP contribution is 2.25. The lowest BCUT2D eigenvalue weighted by Crippen LogP contribution is -1.96. The van der Waals surface area contributed by atoms with E-state index in [1.165, 1.54) is 19.9 Å². The average Bonchev–Trinajstić information content (AvgIpc) is 2.17. The van der Waals surface area contributed by atoms with E-state index in [1.807, 2.05) is 0 Å². The summed E-state index contributed by atoms with van der Waals surface area (Å²) >= 11 is 0. The van der Waals surface area contributed by atoms with Gasteiger partial charge in [-0.15, -0.1) is 0 Å². The van der Waals surface area contributed by atoms with Crippen LogP contribution < -0.4 is 0 Å². The molecule has 0 heterocycles. The van der Waals surface area contributed by atoms with Gasteiger partial charge < -0.3 is 5.21 Å². The molecule has 0 aromatic heterocycles. The van der Waals surface area contributed by atoms with Crippen LogP contribution in [0.4, 0.5) is 0 Å². The molecule has 0 atom stereocenters. The molecular formula is C5H9NO. The van der Waals surface area contributed by atoms with Crippen LogP contribution >= 0.6 is 0 Å². The standard InChI is InChI=1S/C5H9NO/c1-6(7)4-5-2-3-5/h4-5H,2-3H2,1H3/b6-4+. The Kier molecular flexibility index (Phi) is 1.01. The van der Waals surface area contributed by atoms with Crippen LogP contribution in [0.15, 0.2) is 0 Å². The molecule has 1 rings (SSSR count). The van der Waals surface area contributed by atoms with Crippen LogP contribution in [0, 0.1) is 11.1 Å². The number of hydrogen-bond acceptors (Lipinski definition) is 1. The van der Waals surface area contributed by atoms with Crippen molar-refractivity contribution in [1.82, 2.24) is 0 Å². The molecule has 1 saturated carbocycles. The molecule has 0 spiro atoms. The van der Waals surface area contributed by atoms with Gasteiger partial charge >= 0.3 is 0 Å². The quantitative estimate of drug-likeness (QED) is 0.205. The van der Waals surface area contributed by atoms with Crippen molar-refractivity contribution >= 4 is 6.21 Å². The van der Waals surface area contributed by atoms with Crippen LogP contribution in [0.25, 0.3) is 0 Å². The van der Waals surface area contributed by atoms with Crippen LogP contribution in [-0.4, -0.2) is 18.0 Å². The maximum Gasteiger partial charge on any atom is 0.153 e. The van der Waals surface area contributed by atoms with Crippen molar-refractivity contribution in [3.63, 3.8) is 0 Å². The van der Waals surface area contributed by atoms with Gasteiger partial charge in [-0.1, -0.05) is 0 Å². The zero-order valence-corrected chi connectivity index (χ0v) is 4.42. The van der Waals surface area contributed by atoms with Crippen molar-refractivity contribution in [3.05, 3.63) is 5.21 Å². The second-order valence-corrected chi connectivity index (χ2v) is 2.03. The molecule has 0 N–H and O–H groups in total. The normalized spacial score (nSPS) is 22.7. The second-order valence-electron chi connectivity index (χ2n) is 2.03. The number of nitrogens with zero attached hydrogens (tertiary/aromatic N) is 1. The van der Waals surface area contributed by atoms with Gasteiger partial charge in [0.05, 0.1) is 0 Å². The number of hydrogen-bond donors (Lipinski definition) is 0. The fourth-order valence-electron chi connectivity index (χ4n) is 0.542. The van der Waals surface area contributed by atoms with E-state index in [0.29, 0.717) is 5.92 Å². The van der Waals surface area contributed by atoms with Crippen LogP contribution in [0.3, 0.4) is 0 Å². The van der Waals surface area contributed by atoms with Gasteiger partial charge in [0.15, 0.2) is 6.21 Å². The Labute approximate surface area is 43.0 Å². The molecule has 0 unspecified atom stereocenters. The third-order valence-electron chi connectivity index (χ3n) is 1.04. The highest BCUT2D eigenvalue weighted by atomic mass is 16.5. The molecule has 1 aliphatic carbocycles. The van der Waals surface area contributed by atoms with Gasteiger partial charge in [0.1, 0.15) is 7.05 Å². The smallest absolute Gasteiger partial charge is 0.153 e. The molecule has 7 heavy (non-hydrogen) atoms. The van der Waals surface area contributed by atoms with Crippen LogP contribution in [0.2, 0.25) is 0 Å². The van der Waals surface area contributed by atoms with E-state index >= 15 is 0 Å². The Morgan fingerprint density at radius 1 is 1.71 bits per heavy atom.